The monoisotopic (exact) mass is 329 g/mol. The smallest absolute Gasteiger partial charge is 0.269 e. The Hall–Kier alpha value is -2.41. The van der Waals surface area contributed by atoms with Crippen molar-refractivity contribution in [3.63, 3.8) is 0 Å². The second-order valence-corrected chi connectivity index (χ2v) is 6.81. The van der Waals surface area contributed by atoms with Crippen molar-refractivity contribution >= 4 is 22.9 Å². The molecule has 126 valence electrons. The van der Waals surface area contributed by atoms with Crippen LogP contribution in [-0.4, -0.2) is 32.8 Å². The minimum absolute atomic E-state index is 0.0360. The van der Waals surface area contributed by atoms with E-state index in [1.807, 2.05) is 6.92 Å². The number of rotatable bonds is 3. The van der Waals surface area contributed by atoms with Crippen molar-refractivity contribution in [1.29, 1.82) is 0 Å². The molecule has 0 saturated heterocycles. The van der Waals surface area contributed by atoms with Crippen molar-refractivity contribution in [2.24, 2.45) is 22.0 Å². The van der Waals surface area contributed by atoms with Gasteiger partial charge in [-0.25, -0.2) is 0 Å². The second kappa shape index (κ2) is 5.59. The number of hydrogen-bond donors (Lipinski definition) is 1. The van der Waals surface area contributed by atoms with Crippen LogP contribution in [0.3, 0.4) is 0 Å². The molecule has 1 N–H and O–H groups in total. The fourth-order valence-corrected chi connectivity index (χ4v) is 4.10. The molecule has 1 aliphatic carbocycles. The first-order valence-electron chi connectivity index (χ1n) is 7.80. The largest absolute Gasteiger partial charge is 0.389 e. The van der Waals surface area contributed by atoms with Crippen LogP contribution in [0.5, 0.6) is 0 Å². The minimum Gasteiger partial charge on any atom is -0.389 e. The number of nitrogens with zero attached hydrogens (tertiary/aromatic N) is 3. The molecule has 1 aromatic rings. The molecule has 0 spiro atoms. The summed E-state index contributed by atoms with van der Waals surface area (Å²) < 4.78 is 0. The molecule has 24 heavy (non-hydrogen) atoms. The van der Waals surface area contributed by atoms with Gasteiger partial charge in [-0.05, 0) is 26.3 Å². The highest BCUT2D eigenvalue weighted by atomic mass is 16.6. The minimum atomic E-state index is -1.27. The molecule has 1 heterocycles. The predicted molar refractivity (Wildman–Crippen MR) is 89.3 cm³/mol. The average molecular weight is 329 g/mol. The van der Waals surface area contributed by atoms with Crippen LogP contribution in [0.25, 0.3) is 0 Å². The van der Waals surface area contributed by atoms with E-state index in [9.17, 15) is 20.0 Å². The van der Waals surface area contributed by atoms with Crippen molar-refractivity contribution in [2.45, 2.75) is 38.7 Å². The second-order valence-electron chi connectivity index (χ2n) is 6.81. The number of hydrogen-bond acceptors (Lipinski definition) is 6. The van der Waals surface area contributed by atoms with Gasteiger partial charge in [0.2, 0.25) is 0 Å². The van der Waals surface area contributed by atoms with Crippen LogP contribution in [0.1, 0.15) is 38.7 Å². The zero-order chi connectivity index (χ0) is 17.6. The molecule has 4 atom stereocenters. The van der Waals surface area contributed by atoms with E-state index in [1.165, 1.54) is 19.1 Å². The summed E-state index contributed by atoms with van der Waals surface area (Å²) in [5.41, 5.74) is 0.843. The number of aliphatic hydroxyl groups is 1. The van der Waals surface area contributed by atoms with Crippen molar-refractivity contribution in [3.05, 3.63) is 39.9 Å². The lowest BCUT2D eigenvalue weighted by atomic mass is 9.59. The van der Waals surface area contributed by atoms with Crippen LogP contribution >= 0.6 is 0 Å². The Morgan fingerprint density at radius 3 is 2.75 bits per heavy atom. The maximum Gasteiger partial charge on any atom is 0.269 e. The van der Waals surface area contributed by atoms with E-state index < -0.39 is 22.4 Å². The molecule has 1 aromatic carbocycles. The van der Waals surface area contributed by atoms with E-state index >= 15 is 0 Å². The number of ketones is 1. The number of non-ortho nitro benzene ring substituents is 1. The van der Waals surface area contributed by atoms with Gasteiger partial charge in [0.1, 0.15) is 5.78 Å². The zero-order valence-electron chi connectivity index (χ0n) is 13.8. The third-order valence-corrected chi connectivity index (χ3v) is 4.98. The summed E-state index contributed by atoms with van der Waals surface area (Å²) in [6.45, 7) is 4.91. The van der Waals surface area contributed by atoms with Gasteiger partial charge in [0, 0.05) is 36.1 Å². The molecule has 2 aliphatic rings. The summed E-state index contributed by atoms with van der Waals surface area (Å²) in [6, 6.07) is 6.26. The van der Waals surface area contributed by atoms with Crippen LogP contribution in [-0.2, 0) is 4.79 Å². The predicted octanol–water partition coefficient (Wildman–Crippen LogP) is 2.49. The number of nitro groups is 1. The highest BCUT2D eigenvalue weighted by Gasteiger charge is 2.53. The Kier molecular flexibility index (Phi) is 3.83. The van der Waals surface area contributed by atoms with Crippen molar-refractivity contribution < 1.29 is 14.8 Å². The summed E-state index contributed by atoms with van der Waals surface area (Å²) >= 11 is 0. The van der Waals surface area contributed by atoms with Crippen LogP contribution in [0.15, 0.2) is 34.5 Å². The number of carbonyl (C=O) groups excluding carboxylic acids is 1. The van der Waals surface area contributed by atoms with E-state index in [4.69, 9.17) is 0 Å². The van der Waals surface area contributed by atoms with Crippen molar-refractivity contribution in [1.82, 2.24) is 0 Å². The first-order chi connectivity index (χ1) is 11.2. The topological polar surface area (TPSA) is 105 Å². The molecule has 0 amide bonds. The van der Waals surface area contributed by atoms with Crippen LogP contribution < -0.4 is 0 Å². The lowest BCUT2D eigenvalue weighted by Crippen LogP contribution is -2.53. The Morgan fingerprint density at radius 1 is 1.42 bits per heavy atom. The Bertz CT molecular complexity index is 782. The molecule has 1 saturated carbocycles. The van der Waals surface area contributed by atoms with Gasteiger partial charge in [0.25, 0.3) is 5.69 Å². The molecule has 0 unspecified atom stereocenters. The molecule has 0 aromatic heterocycles. The molecular formula is C17H19N3O4. The van der Waals surface area contributed by atoms with E-state index in [0.717, 1.165) is 11.4 Å². The summed E-state index contributed by atoms with van der Waals surface area (Å²) in [6.07, 6.45) is 0.272. The van der Waals surface area contributed by atoms with E-state index in [0.29, 0.717) is 5.56 Å². The van der Waals surface area contributed by atoms with E-state index in [2.05, 4.69) is 10.2 Å². The zero-order valence-corrected chi connectivity index (χ0v) is 13.8. The Labute approximate surface area is 139 Å². The van der Waals surface area contributed by atoms with Crippen LogP contribution in [0.4, 0.5) is 5.69 Å². The van der Waals surface area contributed by atoms with Gasteiger partial charge in [0.05, 0.1) is 22.2 Å². The lowest BCUT2D eigenvalue weighted by molar-refractivity contribution is -0.385. The first kappa shape index (κ1) is 16.4. The number of Topliss-reactive ketones (excluding diaryl/α,β-unsaturated/α-hetero) is 1. The number of carbonyl (C=O) groups is 1. The molecule has 0 bridgehead atoms. The molecule has 1 aliphatic heterocycles. The first-order valence-corrected chi connectivity index (χ1v) is 7.80. The lowest BCUT2D eigenvalue weighted by Gasteiger charge is -2.45. The Morgan fingerprint density at radius 2 is 2.12 bits per heavy atom. The van der Waals surface area contributed by atoms with Gasteiger partial charge >= 0.3 is 0 Å². The maximum atomic E-state index is 12.3. The quantitative estimate of drug-likeness (QED) is 0.679. The van der Waals surface area contributed by atoms with Crippen LogP contribution in [0, 0.1) is 22.0 Å². The SMILES string of the molecule is CC(=O)[C@H]1[C@@H](c2cccc([N+](=O)[O-])c2)[C@@H]2C(C)=NN=C2C[C@]1(C)O. The highest BCUT2D eigenvalue weighted by molar-refractivity contribution is 6.12. The highest BCUT2D eigenvalue weighted by Crippen LogP contribution is 2.48. The van der Waals surface area contributed by atoms with Gasteiger partial charge in [-0.1, -0.05) is 12.1 Å². The summed E-state index contributed by atoms with van der Waals surface area (Å²) in [7, 11) is 0. The third-order valence-electron chi connectivity index (χ3n) is 4.98. The number of fused-ring (bicyclic) bond motifs is 1. The van der Waals surface area contributed by atoms with Gasteiger partial charge < -0.3 is 5.11 Å². The third kappa shape index (κ3) is 2.54. The van der Waals surface area contributed by atoms with Gasteiger partial charge in [0.15, 0.2) is 0 Å². The number of nitro benzene ring substituents is 1. The van der Waals surface area contributed by atoms with Gasteiger partial charge in [-0.2, -0.15) is 10.2 Å². The average Bonchev–Trinajstić information content (AvgIpc) is 2.85. The summed E-state index contributed by atoms with van der Waals surface area (Å²) in [4.78, 5) is 23.0. The maximum absolute atomic E-state index is 12.3. The standard InChI is InChI=1S/C17H19N3O4/c1-9-14-13(19-18-9)8-17(3,22)16(10(2)21)15(14)11-5-4-6-12(7-11)20(23)24/h4-7,14-16,22H,8H2,1-3H3/t14-,15+,16+,17+/m1/s1. The molecule has 7 nitrogen and oxygen atoms in total. The van der Waals surface area contributed by atoms with Crippen molar-refractivity contribution in [3.8, 4) is 0 Å². The van der Waals surface area contributed by atoms with E-state index in [1.54, 1.807) is 19.1 Å². The molecule has 3 rings (SSSR count). The van der Waals surface area contributed by atoms with E-state index in [-0.39, 0.29) is 23.8 Å². The molecule has 1 fully saturated rings. The fraction of sp³-hybridized carbons (Fsp3) is 0.471. The number of benzene rings is 1. The summed E-state index contributed by atoms with van der Waals surface area (Å²) in [5.74, 6) is -1.45. The molecule has 0 radical (unpaired) electrons. The molecular weight excluding hydrogens is 310 g/mol. The normalized spacial score (nSPS) is 31.9. The van der Waals surface area contributed by atoms with Crippen molar-refractivity contribution in [2.75, 3.05) is 0 Å². The van der Waals surface area contributed by atoms with Gasteiger partial charge in [-0.15, -0.1) is 0 Å². The van der Waals surface area contributed by atoms with Crippen LogP contribution in [0.2, 0.25) is 0 Å². The van der Waals surface area contributed by atoms with Gasteiger partial charge in [-0.3, -0.25) is 14.9 Å². The molecule has 7 heteroatoms. The summed E-state index contributed by atoms with van der Waals surface area (Å²) in [5, 5.41) is 30.3. The Balaban J connectivity index is 2.17. The fourth-order valence-electron chi connectivity index (χ4n) is 4.10.